The first-order chi connectivity index (χ1) is 14.1. The van der Waals surface area contributed by atoms with Crippen LogP contribution in [0.15, 0.2) is 89.5 Å². The molecule has 5 rings (SSSR count). The Morgan fingerprint density at radius 3 is 2.07 bits per heavy atom. The molecule has 0 atom stereocenters. The van der Waals surface area contributed by atoms with E-state index in [0.29, 0.717) is 22.0 Å². The van der Waals surface area contributed by atoms with Gasteiger partial charge in [0.25, 0.3) is 5.91 Å². The second-order valence-electron chi connectivity index (χ2n) is 7.07. The van der Waals surface area contributed by atoms with Gasteiger partial charge in [-0.1, -0.05) is 60.1 Å². The molecular formula is C25H17ClN2O. The zero-order valence-electron chi connectivity index (χ0n) is 15.8. The summed E-state index contributed by atoms with van der Waals surface area (Å²) in [7, 11) is 0. The molecule has 4 heteroatoms. The smallest absolute Gasteiger partial charge is 0.267 e. The molecule has 1 aliphatic heterocycles. The number of hydrogen-bond acceptors (Lipinski definition) is 2. The molecule has 0 saturated carbocycles. The van der Waals surface area contributed by atoms with Crippen LogP contribution in [0, 0.1) is 0 Å². The fourth-order valence-electron chi connectivity index (χ4n) is 3.79. The van der Waals surface area contributed by atoms with Crippen molar-refractivity contribution in [3.8, 4) is 0 Å². The van der Waals surface area contributed by atoms with E-state index in [9.17, 15) is 4.79 Å². The fraction of sp³-hybridized carbons (Fsp3) is 0.0400. The zero-order valence-corrected chi connectivity index (χ0v) is 16.5. The monoisotopic (exact) mass is 396 g/mol. The molecule has 0 radical (unpaired) electrons. The number of carbonyl (C=O) groups is 1. The number of nitrogens with zero attached hydrogens (tertiary/aromatic N) is 2. The van der Waals surface area contributed by atoms with Crippen LogP contribution in [0.4, 0.5) is 5.69 Å². The summed E-state index contributed by atoms with van der Waals surface area (Å²) in [5, 5.41) is 11.1. The van der Waals surface area contributed by atoms with E-state index in [1.807, 2.05) is 37.3 Å². The van der Waals surface area contributed by atoms with E-state index in [0.717, 1.165) is 27.1 Å². The molecule has 1 aliphatic rings. The number of halogens is 1. The van der Waals surface area contributed by atoms with Gasteiger partial charge in [-0.25, -0.2) is 0 Å². The summed E-state index contributed by atoms with van der Waals surface area (Å²) in [5.74, 6) is -0.137. The lowest BCUT2D eigenvalue weighted by Crippen LogP contribution is -2.21. The van der Waals surface area contributed by atoms with Gasteiger partial charge in [-0.15, -0.1) is 0 Å². The number of hydrazone groups is 1. The van der Waals surface area contributed by atoms with Gasteiger partial charge in [-0.2, -0.15) is 10.1 Å². The summed E-state index contributed by atoms with van der Waals surface area (Å²) in [5.41, 5.74) is 3.03. The Kier molecular flexibility index (Phi) is 4.18. The van der Waals surface area contributed by atoms with Gasteiger partial charge in [0.1, 0.15) is 0 Å². The van der Waals surface area contributed by atoms with Gasteiger partial charge < -0.3 is 0 Å². The highest BCUT2D eigenvalue weighted by Gasteiger charge is 2.29. The van der Waals surface area contributed by atoms with E-state index in [2.05, 4.69) is 35.4 Å². The average Bonchev–Trinajstić information content (AvgIpc) is 3.02. The summed E-state index contributed by atoms with van der Waals surface area (Å²) < 4.78 is 0. The third-order valence-electron chi connectivity index (χ3n) is 5.24. The Labute approximate surface area is 173 Å². The Morgan fingerprint density at radius 2 is 1.45 bits per heavy atom. The van der Waals surface area contributed by atoms with Crippen molar-refractivity contribution in [3.05, 3.63) is 95.0 Å². The Balaban J connectivity index is 1.69. The topological polar surface area (TPSA) is 32.7 Å². The molecule has 29 heavy (non-hydrogen) atoms. The maximum absolute atomic E-state index is 13.2. The molecule has 0 aromatic heterocycles. The number of fused-ring (bicyclic) bond motifs is 2. The highest BCUT2D eigenvalue weighted by atomic mass is 35.5. The molecule has 4 aromatic rings. The largest absolute Gasteiger partial charge is 0.280 e. The molecule has 1 amide bonds. The first kappa shape index (κ1) is 17.7. The molecule has 1 heterocycles. The summed E-state index contributed by atoms with van der Waals surface area (Å²) in [6.07, 6.45) is 1.97. The van der Waals surface area contributed by atoms with Crippen LogP contribution in [-0.4, -0.2) is 11.6 Å². The normalized spacial score (nSPS) is 15.5. The summed E-state index contributed by atoms with van der Waals surface area (Å²) >= 11 is 5.98. The molecular weight excluding hydrogens is 380 g/mol. The van der Waals surface area contributed by atoms with Gasteiger partial charge in [0.2, 0.25) is 0 Å². The first-order valence-electron chi connectivity index (χ1n) is 9.39. The van der Waals surface area contributed by atoms with Gasteiger partial charge in [-0.05, 0) is 70.4 Å². The van der Waals surface area contributed by atoms with Crippen LogP contribution in [0.1, 0.15) is 12.5 Å². The Bertz CT molecular complexity index is 1280. The Morgan fingerprint density at radius 1 is 0.862 bits per heavy atom. The van der Waals surface area contributed by atoms with Crippen LogP contribution in [0.5, 0.6) is 0 Å². The van der Waals surface area contributed by atoms with Gasteiger partial charge in [0, 0.05) is 5.02 Å². The van der Waals surface area contributed by atoms with Crippen molar-refractivity contribution in [2.24, 2.45) is 5.10 Å². The molecule has 3 nitrogen and oxygen atoms in total. The van der Waals surface area contributed by atoms with Crippen LogP contribution < -0.4 is 5.01 Å². The van der Waals surface area contributed by atoms with Gasteiger partial charge in [-0.3, -0.25) is 4.79 Å². The summed E-state index contributed by atoms with van der Waals surface area (Å²) in [6.45, 7) is 1.87. The highest BCUT2D eigenvalue weighted by molar-refractivity contribution is 6.33. The van der Waals surface area contributed by atoms with Gasteiger partial charge in [0.05, 0.1) is 17.0 Å². The van der Waals surface area contributed by atoms with E-state index in [4.69, 9.17) is 11.6 Å². The van der Waals surface area contributed by atoms with E-state index >= 15 is 0 Å². The van der Waals surface area contributed by atoms with Crippen molar-refractivity contribution in [2.45, 2.75) is 6.92 Å². The zero-order chi connectivity index (χ0) is 20.0. The van der Waals surface area contributed by atoms with Crippen molar-refractivity contribution in [2.75, 3.05) is 5.01 Å². The third-order valence-corrected chi connectivity index (χ3v) is 5.49. The molecule has 0 unspecified atom stereocenters. The minimum Gasteiger partial charge on any atom is -0.267 e. The molecule has 0 aliphatic carbocycles. The minimum absolute atomic E-state index is 0.137. The molecule has 0 N–H and O–H groups in total. The van der Waals surface area contributed by atoms with Crippen molar-refractivity contribution in [3.63, 3.8) is 0 Å². The standard InChI is InChI=1S/C25H17ClN2O/c1-16-23(25(29)28(27-16)20-12-10-19(26)11-13-20)15-24-21-8-4-2-6-17(21)14-18-7-3-5-9-22(18)24/h2-15H,1H3/b23-15-. The Hall–Kier alpha value is -3.43. The molecule has 0 fully saturated rings. The number of benzene rings is 4. The predicted octanol–water partition coefficient (Wildman–Crippen LogP) is 6.45. The number of anilines is 1. The maximum Gasteiger partial charge on any atom is 0.280 e. The quantitative estimate of drug-likeness (QED) is 0.283. The predicted molar refractivity (Wildman–Crippen MR) is 121 cm³/mol. The lowest BCUT2D eigenvalue weighted by molar-refractivity contribution is -0.114. The van der Waals surface area contributed by atoms with Crippen LogP contribution in [-0.2, 0) is 4.79 Å². The second-order valence-corrected chi connectivity index (χ2v) is 7.51. The SMILES string of the molecule is CC1=NN(c2ccc(Cl)cc2)C(=O)/C1=C\c1c2ccccc2cc2ccccc12. The number of carbonyl (C=O) groups excluding carboxylic acids is 1. The van der Waals surface area contributed by atoms with Crippen molar-refractivity contribution in [1.29, 1.82) is 0 Å². The summed E-state index contributed by atoms with van der Waals surface area (Å²) in [6, 6.07) is 25.8. The minimum atomic E-state index is -0.137. The number of hydrogen-bond donors (Lipinski definition) is 0. The fourth-order valence-corrected chi connectivity index (χ4v) is 3.92. The molecule has 0 bridgehead atoms. The lowest BCUT2D eigenvalue weighted by Gasteiger charge is -2.12. The third kappa shape index (κ3) is 3.00. The molecule has 0 saturated heterocycles. The average molecular weight is 397 g/mol. The molecule has 140 valence electrons. The van der Waals surface area contributed by atoms with Crippen molar-refractivity contribution < 1.29 is 4.79 Å². The van der Waals surface area contributed by atoms with E-state index < -0.39 is 0 Å². The molecule has 4 aromatic carbocycles. The van der Waals surface area contributed by atoms with Crippen LogP contribution in [0.25, 0.3) is 27.6 Å². The van der Waals surface area contributed by atoms with Crippen molar-refractivity contribution >= 4 is 56.5 Å². The number of amides is 1. The van der Waals surface area contributed by atoms with Gasteiger partial charge in [0.15, 0.2) is 0 Å². The first-order valence-corrected chi connectivity index (χ1v) is 9.77. The lowest BCUT2D eigenvalue weighted by atomic mass is 9.94. The van der Waals surface area contributed by atoms with Crippen LogP contribution >= 0.6 is 11.6 Å². The van der Waals surface area contributed by atoms with Crippen LogP contribution in [0.2, 0.25) is 5.02 Å². The van der Waals surface area contributed by atoms with E-state index in [-0.39, 0.29) is 5.91 Å². The highest BCUT2D eigenvalue weighted by Crippen LogP contribution is 2.32. The van der Waals surface area contributed by atoms with Crippen molar-refractivity contribution in [1.82, 2.24) is 0 Å². The second kappa shape index (κ2) is 6.87. The van der Waals surface area contributed by atoms with Gasteiger partial charge >= 0.3 is 0 Å². The number of rotatable bonds is 2. The van der Waals surface area contributed by atoms with Crippen LogP contribution in [0.3, 0.4) is 0 Å². The maximum atomic E-state index is 13.2. The molecule has 0 spiro atoms. The summed E-state index contributed by atoms with van der Waals surface area (Å²) in [4.78, 5) is 13.2. The van der Waals surface area contributed by atoms with E-state index in [1.54, 1.807) is 24.3 Å². The van der Waals surface area contributed by atoms with E-state index in [1.165, 1.54) is 5.01 Å².